The summed E-state index contributed by atoms with van der Waals surface area (Å²) in [6, 6.07) is 9.59. The van der Waals surface area contributed by atoms with E-state index in [9.17, 15) is 0 Å². The van der Waals surface area contributed by atoms with Crippen LogP contribution in [0.3, 0.4) is 0 Å². The number of nitrogens with two attached hydrogens (primary N) is 1. The lowest BCUT2D eigenvalue weighted by molar-refractivity contribution is 0.415. The van der Waals surface area contributed by atoms with Crippen LogP contribution in [0.5, 0.6) is 5.75 Å². The molecule has 1 aromatic carbocycles. The quantitative estimate of drug-likeness (QED) is 0.714. The van der Waals surface area contributed by atoms with Gasteiger partial charge in [-0.05, 0) is 23.6 Å². The minimum absolute atomic E-state index is 0.652. The summed E-state index contributed by atoms with van der Waals surface area (Å²) in [7, 11) is 1.62. The van der Waals surface area contributed by atoms with E-state index in [1.165, 1.54) is 4.70 Å². The van der Waals surface area contributed by atoms with Crippen LogP contribution in [-0.2, 0) is 0 Å². The molecule has 0 aliphatic rings. The van der Waals surface area contributed by atoms with E-state index in [1.54, 1.807) is 30.7 Å². The number of fused-ring (bicyclic) bond motifs is 1. The highest BCUT2D eigenvalue weighted by atomic mass is 32.1. The molecule has 0 spiro atoms. The smallest absolute Gasteiger partial charge is 0.139 e. The fourth-order valence-electron chi connectivity index (χ4n) is 1.94. The maximum atomic E-state index is 5.84. The van der Waals surface area contributed by atoms with Gasteiger partial charge in [0.15, 0.2) is 0 Å². The minimum Gasteiger partial charge on any atom is -0.497 e. The lowest BCUT2D eigenvalue weighted by Gasteiger charge is -2.09. The Kier molecular flexibility index (Phi) is 2.97. The number of nitrogens with one attached hydrogen (secondary N) is 1. The first kappa shape index (κ1) is 11.8. The van der Waals surface area contributed by atoms with Gasteiger partial charge in [-0.15, -0.1) is 11.3 Å². The Balaban J connectivity index is 2.01. The molecule has 0 aliphatic heterocycles. The largest absolute Gasteiger partial charge is 0.497 e. The van der Waals surface area contributed by atoms with Gasteiger partial charge in [0.1, 0.15) is 11.6 Å². The Bertz CT molecular complexity index is 724. The molecular weight excluding hydrogens is 258 g/mol. The molecule has 2 aromatic heterocycles. The van der Waals surface area contributed by atoms with Gasteiger partial charge >= 0.3 is 0 Å². The summed E-state index contributed by atoms with van der Waals surface area (Å²) in [6.45, 7) is 0. The van der Waals surface area contributed by atoms with Crippen LogP contribution in [0.4, 0.5) is 17.2 Å². The number of nitrogen functional groups attached to an aromatic ring is 1. The average molecular weight is 271 g/mol. The maximum absolute atomic E-state index is 5.84. The number of ether oxygens (including phenoxy) is 1. The summed E-state index contributed by atoms with van der Waals surface area (Å²) in [6.07, 6.45) is 1.80. The predicted molar refractivity (Wildman–Crippen MR) is 80.3 cm³/mol. The molecule has 2 heterocycles. The van der Waals surface area contributed by atoms with Crippen molar-refractivity contribution in [2.45, 2.75) is 0 Å². The van der Waals surface area contributed by atoms with Crippen LogP contribution in [-0.4, -0.2) is 12.1 Å². The van der Waals surface area contributed by atoms with Crippen LogP contribution in [0.1, 0.15) is 0 Å². The van der Waals surface area contributed by atoms with Crippen molar-refractivity contribution in [2.24, 2.45) is 0 Å². The summed E-state index contributed by atoms with van der Waals surface area (Å²) >= 11 is 1.69. The van der Waals surface area contributed by atoms with Crippen LogP contribution in [0, 0.1) is 0 Å². The number of anilines is 3. The first-order valence-electron chi connectivity index (χ1n) is 5.80. The first-order valence-corrected chi connectivity index (χ1v) is 6.68. The van der Waals surface area contributed by atoms with E-state index < -0.39 is 0 Å². The van der Waals surface area contributed by atoms with Crippen LogP contribution in [0.25, 0.3) is 10.1 Å². The third kappa shape index (κ3) is 2.32. The first-order chi connectivity index (χ1) is 9.26. The summed E-state index contributed by atoms with van der Waals surface area (Å²) < 4.78 is 6.41. The normalized spacial score (nSPS) is 10.6. The molecule has 3 aromatic rings. The topological polar surface area (TPSA) is 60.2 Å². The number of hydrogen-bond donors (Lipinski definition) is 2. The summed E-state index contributed by atoms with van der Waals surface area (Å²) in [5, 5.41) is 6.44. The molecule has 0 atom stereocenters. The van der Waals surface area contributed by atoms with Gasteiger partial charge in [0, 0.05) is 39.8 Å². The number of nitrogens with zero attached hydrogens (tertiary/aromatic N) is 1. The molecule has 19 heavy (non-hydrogen) atoms. The molecule has 4 nitrogen and oxygen atoms in total. The number of pyridine rings is 1. The fourth-order valence-corrected chi connectivity index (χ4v) is 2.72. The van der Waals surface area contributed by atoms with Crippen molar-refractivity contribution in [1.82, 2.24) is 4.98 Å². The summed E-state index contributed by atoms with van der Waals surface area (Å²) in [5.74, 6) is 1.55. The van der Waals surface area contributed by atoms with E-state index in [4.69, 9.17) is 10.5 Å². The van der Waals surface area contributed by atoms with Crippen molar-refractivity contribution in [3.8, 4) is 5.75 Å². The number of thiophene rings is 1. The van der Waals surface area contributed by atoms with E-state index in [0.29, 0.717) is 5.69 Å². The van der Waals surface area contributed by atoms with Gasteiger partial charge < -0.3 is 15.8 Å². The average Bonchev–Trinajstić information content (AvgIpc) is 2.87. The fraction of sp³-hybridized carbons (Fsp3) is 0.0714. The number of hydrogen-bond acceptors (Lipinski definition) is 5. The molecular formula is C14H13N3OS. The number of benzene rings is 1. The second-order valence-corrected chi connectivity index (χ2v) is 5.06. The Labute approximate surface area is 114 Å². The van der Waals surface area contributed by atoms with E-state index in [1.807, 2.05) is 18.2 Å². The second kappa shape index (κ2) is 4.78. The SMILES string of the molecule is COc1cc(N)cc(Nc2nccc3sccc23)c1. The molecule has 0 saturated carbocycles. The molecule has 0 amide bonds. The van der Waals surface area contributed by atoms with Crippen molar-refractivity contribution >= 4 is 38.6 Å². The number of aromatic nitrogens is 1. The van der Waals surface area contributed by atoms with Gasteiger partial charge in [-0.1, -0.05) is 0 Å². The van der Waals surface area contributed by atoms with Gasteiger partial charge in [0.2, 0.25) is 0 Å². The van der Waals surface area contributed by atoms with E-state index >= 15 is 0 Å². The van der Waals surface area contributed by atoms with Crippen molar-refractivity contribution < 1.29 is 4.74 Å². The second-order valence-electron chi connectivity index (χ2n) is 4.11. The van der Waals surface area contributed by atoms with Gasteiger partial charge in [-0.3, -0.25) is 0 Å². The molecule has 0 saturated heterocycles. The Morgan fingerprint density at radius 2 is 2.16 bits per heavy atom. The number of methoxy groups -OCH3 is 1. The molecule has 5 heteroatoms. The maximum Gasteiger partial charge on any atom is 0.139 e. The Hall–Kier alpha value is -2.27. The molecule has 0 unspecified atom stereocenters. The molecule has 0 fully saturated rings. The van der Waals surface area contributed by atoms with Crippen molar-refractivity contribution in [3.05, 3.63) is 41.9 Å². The van der Waals surface area contributed by atoms with Crippen LogP contribution >= 0.6 is 11.3 Å². The third-order valence-electron chi connectivity index (χ3n) is 2.81. The molecule has 3 N–H and O–H groups in total. The van der Waals surface area contributed by atoms with Gasteiger partial charge in [-0.2, -0.15) is 0 Å². The van der Waals surface area contributed by atoms with Crippen LogP contribution in [0.15, 0.2) is 41.9 Å². The zero-order chi connectivity index (χ0) is 13.2. The Morgan fingerprint density at radius 3 is 3.00 bits per heavy atom. The third-order valence-corrected chi connectivity index (χ3v) is 3.69. The molecule has 3 rings (SSSR count). The van der Waals surface area contributed by atoms with Crippen LogP contribution in [0.2, 0.25) is 0 Å². The predicted octanol–water partition coefficient (Wildman–Crippen LogP) is 3.63. The van der Waals surface area contributed by atoms with Crippen molar-refractivity contribution in [3.63, 3.8) is 0 Å². The zero-order valence-corrected chi connectivity index (χ0v) is 11.2. The van der Waals surface area contributed by atoms with E-state index in [2.05, 4.69) is 21.7 Å². The standard InChI is InChI=1S/C14H13N3OS/c1-18-11-7-9(15)6-10(8-11)17-14-12-3-5-19-13(12)2-4-16-14/h2-8H,15H2,1H3,(H,16,17). The highest BCUT2D eigenvalue weighted by Crippen LogP contribution is 2.30. The van der Waals surface area contributed by atoms with Crippen LogP contribution < -0.4 is 15.8 Å². The molecule has 0 aliphatic carbocycles. The van der Waals surface area contributed by atoms with Gasteiger partial charge in [0.25, 0.3) is 0 Å². The monoisotopic (exact) mass is 271 g/mol. The molecule has 0 bridgehead atoms. The van der Waals surface area contributed by atoms with E-state index in [-0.39, 0.29) is 0 Å². The number of rotatable bonds is 3. The van der Waals surface area contributed by atoms with Crippen molar-refractivity contribution in [2.75, 3.05) is 18.2 Å². The van der Waals surface area contributed by atoms with Crippen molar-refractivity contribution in [1.29, 1.82) is 0 Å². The highest BCUT2D eigenvalue weighted by Gasteiger charge is 2.05. The molecule has 0 radical (unpaired) electrons. The van der Waals surface area contributed by atoms with Gasteiger partial charge in [0.05, 0.1) is 7.11 Å². The lowest BCUT2D eigenvalue weighted by Crippen LogP contribution is -1.96. The zero-order valence-electron chi connectivity index (χ0n) is 10.4. The minimum atomic E-state index is 0.652. The molecule has 96 valence electrons. The highest BCUT2D eigenvalue weighted by molar-refractivity contribution is 7.17. The van der Waals surface area contributed by atoms with E-state index in [0.717, 1.165) is 22.6 Å². The summed E-state index contributed by atoms with van der Waals surface area (Å²) in [5.41, 5.74) is 7.36. The van der Waals surface area contributed by atoms with Gasteiger partial charge in [-0.25, -0.2) is 4.98 Å². The Morgan fingerprint density at radius 1 is 1.26 bits per heavy atom. The lowest BCUT2D eigenvalue weighted by atomic mass is 10.2. The summed E-state index contributed by atoms with van der Waals surface area (Å²) in [4.78, 5) is 4.37.